The lowest BCUT2D eigenvalue weighted by atomic mass is 9.98. The normalized spacial score (nSPS) is 20.7. The molecule has 0 aliphatic carbocycles. The molecule has 1 N–H and O–H groups in total. The van der Waals surface area contributed by atoms with Crippen molar-refractivity contribution in [3.8, 4) is 0 Å². The Morgan fingerprint density at radius 2 is 1.63 bits per heavy atom. The predicted octanol–water partition coefficient (Wildman–Crippen LogP) is 3.00. The van der Waals surface area contributed by atoms with E-state index in [-0.39, 0.29) is 11.5 Å². The summed E-state index contributed by atoms with van der Waals surface area (Å²) in [7, 11) is 0. The van der Waals surface area contributed by atoms with E-state index < -0.39 is 23.8 Å². The first-order valence-electron chi connectivity index (χ1n) is 8.98. The third-order valence-corrected chi connectivity index (χ3v) is 5.23. The zero-order chi connectivity index (χ0) is 21.4. The van der Waals surface area contributed by atoms with E-state index in [1.165, 1.54) is 11.1 Å². The molecule has 1 fully saturated rings. The number of carbonyl (C=O) groups is 4. The number of anilines is 2. The van der Waals surface area contributed by atoms with Crippen LogP contribution in [0.15, 0.2) is 75.8 Å². The third-order valence-electron chi connectivity index (χ3n) is 4.70. The molecule has 8 nitrogen and oxygen atoms in total. The van der Waals surface area contributed by atoms with Gasteiger partial charge in [-0.15, -0.1) is 0 Å². The van der Waals surface area contributed by atoms with E-state index >= 15 is 0 Å². The molecule has 1 saturated heterocycles. The standard InChI is InChI=1S/C21H15BrN4O4/c1-12-16(20(29)26(24-12)15-5-3-2-4-6-15)11-17-18(27)23-21(30)25(19(17)28)14-9-7-13(22)8-10-14/h2-11,16H,1H3,(H,23,27,30)/b17-11+/t16-/m1/s1. The van der Waals surface area contributed by atoms with Gasteiger partial charge in [-0.2, -0.15) is 10.1 Å². The monoisotopic (exact) mass is 466 g/mol. The summed E-state index contributed by atoms with van der Waals surface area (Å²) in [5, 5.41) is 7.65. The summed E-state index contributed by atoms with van der Waals surface area (Å²) in [6.45, 7) is 1.64. The number of urea groups is 1. The van der Waals surface area contributed by atoms with Crippen molar-refractivity contribution >= 4 is 56.8 Å². The van der Waals surface area contributed by atoms with E-state index in [4.69, 9.17) is 0 Å². The maximum absolute atomic E-state index is 13.0. The van der Waals surface area contributed by atoms with E-state index in [0.717, 1.165) is 9.37 Å². The topological polar surface area (TPSA) is 99.2 Å². The van der Waals surface area contributed by atoms with E-state index in [9.17, 15) is 19.2 Å². The number of nitrogens with zero attached hydrogens (tertiary/aromatic N) is 3. The fourth-order valence-electron chi connectivity index (χ4n) is 3.19. The zero-order valence-corrected chi connectivity index (χ0v) is 17.3. The van der Waals surface area contributed by atoms with Crippen molar-refractivity contribution in [1.29, 1.82) is 0 Å². The second-order valence-corrected chi connectivity index (χ2v) is 7.58. The summed E-state index contributed by atoms with van der Waals surface area (Å²) in [4.78, 5) is 51.4. The van der Waals surface area contributed by atoms with Crippen molar-refractivity contribution in [2.45, 2.75) is 6.92 Å². The van der Waals surface area contributed by atoms with Gasteiger partial charge < -0.3 is 0 Å². The van der Waals surface area contributed by atoms with E-state index in [1.807, 2.05) is 6.07 Å². The van der Waals surface area contributed by atoms with Gasteiger partial charge in [0.1, 0.15) is 5.57 Å². The number of barbiturate groups is 1. The highest BCUT2D eigenvalue weighted by Gasteiger charge is 2.40. The minimum absolute atomic E-state index is 0.291. The molecule has 5 amide bonds. The van der Waals surface area contributed by atoms with Crippen LogP contribution in [0.1, 0.15) is 6.92 Å². The van der Waals surface area contributed by atoms with Crippen molar-refractivity contribution in [1.82, 2.24) is 5.32 Å². The summed E-state index contributed by atoms with van der Waals surface area (Å²) >= 11 is 3.29. The van der Waals surface area contributed by atoms with Crippen molar-refractivity contribution < 1.29 is 19.2 Å². The number of hydrogen-bond acceptors (Lipinski definition) is 5. The maximum Gasteiger partial charge on any atom is 0.335 e. The highest BCUT2D eigenvalue weighted by molar-refractivity contribution is 9.10. The first-order valence-corrected chi connectivity index (χ1v) is 9.77. The number of amides is 5. The van der Waals surface area contributed by atoms with Crippen molar-refractivity contribution in [2.24, 2.45) is 11.0 Å². The largest absolute Gasteiger partial charge is 0.335 e. The summed E-state index contributed by atoms with van der Waals surface area (Å²) in [5.74, 6) is -2.93. The molecule has 30 heavy (non-hydrogen) atoms. The van der Waals surface area contributed by atoms with Gasteiger partial charge in [-0.1, -0.05) is 34.1 Å². The van der Waals surface area contributed by atoms with Crippen LogP contribution in [0.3, 0.4) is 0 Å². The molecular weight excluding hydrogens is 452 g/mol. The number of nitrogens with one attached hydrogen (secondary N) is 1. The molecule has 150 valence electrons. The lowest BCUT2D eigenvalue weighted by Gasteiger charge is -2.26. The third kappa shape index (κ3) is 3.43. The summed E-state index contributed by atoms with van der Waals surface area (Å²) in [5.41, 5.74) is 1.02. The highest BCUT2D eigenvalue weighted by Crippen LogP contribution is 2.27. The van der Waals surface area contributed by atoms with Crippen LogP contribution in [0.5, 0.6) is 0 Å². The Morgan fingerprint density at radius 1 is 0.967 bits per heavy atom. The number of halogens is 1. The lowest BCUT2D eigenvalue weighted by Crippen LogP contribution is -2.54. The smallest absolute Gasteiger partial charge is 0.273 e. The van der Waals surface area contributed by atoms with Gasteiger partial charge >= 0.3 is 6.03 Å². The predicted molar refractivity (Wildman–Crippen MR) is 114 cm³/mol. The SMILES string of the molecule is CC1=NN(c2ccccc2)C(=O)[C@@H]1/C=C1\C(=O)NC(=O)N(c2ccc(Br)cc2)C1=O. The van der Waals surface area contributed by atoms with Crippen LogP contribution >= 0.6 is 15.9 Å². The van der Waals surface area contributed by atoms with Crippen LogP contribution in [0.25, 0.3) is 0 Å². The molecule has 0 unspecified atom stereocenters. The number of para-hydroxylation sites is 1. The Balaban J connectivity index is 1.67. The molecule has 4 rings (SSSR count). The molecule has 2 aliphatic heterocycles. The fourth-order valence-corrected chi connectivity index (χ4v) is 3.46. The molecule has 0 radical (unpaired) electrons. The molecule has 0 bridgehead atoms. The molecule has 9 heteroatoms. The molecule has 2 aromatic carbocycles. The van der Waals surface area contributed by atoms with Gasteiger partial charge in [0.15, 0.2) is 0 Å². The number of rotatable bonds is 3. The number of hydrazone groups is 1. The maximum atomic E-state index is 13.0. The first-order chi connectivity index (χ1) is 14.4. The molecule has 0 spiro atoms. The van der Waals surface area contributed by atoms with Crippen LogP contribution in [-0.2, 0) is 14.4 Å². The van der Waals surface area contributed by atoms with Crippen LogP contribution in [0, 0.1) is 5.92 Å². The van der Waals surface area contributed by atoms with E-state index in [1.54, 1.807) is 55.5 Å². The minimum Gasteiger partial charge on any atom is -0.273 e. The van der Waals surface area contributed by atoms with Crippen molar-refractivity contribution in [2.75, 3.05) is 9.91 Å². The van der Waals surface area contributed by atoms with Crippen molar-refractivity contribution in [3.05, 3.63) is 70.7 Å². The average molecular weight is 467 g/mol. The summed E-state index contributed by atoms with van der Waals surface area (Å²) in [6, 6.07) is 14.5. The van der Waals surface area contributed by atoms with E-state index in [2.05, 4.69) is 26.3 Å². The van der Waals surface area contributed by atoms with Gasteiger partial charge in [-0.25, -0.2) is 9.69 Å². The molecule has 0 aromatic heterocycles. The minimum atomic E-state index is -0.894. The van der Waals surface area contributed by atoms with Crippen LogP contribution in [0.2, 0.25) is 0 Å². The van der Waals surface area contributed by atoms with Crippen LogP contribution in [-0.4, -0.2) is 29.5 Å². The fraction of sp³-hybridized carbons (Fsp3) is 0.0952. The molecule has 0 saturated carbocycles. The number of hydrogen-bond donors (Lipinski definition) is 1. The molecule has 2 aliphatic rings. The van der Waals surface area contributed by atoms with Gasteiger partial charge in [0, 0.05) is 4.47 Å². The molecular formula is C21H15BrN4O4. The first kappa shape index (κ1) is 19.7. The van der Waals surface area contributed by atoms with Gasteiger partial charge in [-0.05, 0) is 49.4 Å². The van der Waals surface area contributed by atoms with Gasteiger partial charge in [0.25, 0.3) is 17.7 Å². The summed E-state index contributed by atoms with van der Waals surface area (Å²) in [6.07, 6.45) is 1.26. The zero-order valence-electron chi connectivity index (χ0n) is 15.7. The highest BCUT2D eigenvalue weighted by atomic mass is 79.9. The van der Waals surface area contributed by atoms with Crippen LogP contribution in [0.4, 0.5) is 16.2 Å². The summed E-state index contributed by atoms with van der Waals surface area (Å²) < 4.78 is 0.771. The average Bonchev–Trinajstić information content (AvgIpc) is 3.01. The Bertz CT molecular complexity index is 1130. The molecule has 2 aromatic rings. The number of benzene rings is 2. The molecule has 2 heterocycles. The van der Waals surface area contributed by atoms with Gasteiger partial charge in [0.2, 0.25) is 0 Å². The Morgan fingerprint density at radius 3 is 2.30 bits per heavy atom. The second kappa shape index (κ2) is 7.68. The Hall–Kier alpha value is -3.59. The Labute approximate surface area is 180 Å². The van der Waals surface area contributed by atoms with E-state index in [0.29, 0.717) is 17.1 Å². The lowest BCUT2D eigenvalue weighted by molar-refractivity contribution is -0.122. The van der Waals surface area contributed by atoms with Crippen LogP contribution < -0.4 is 15.2 Å². The van der Waals surface area contributed by atoms with Gasteiger partial charge in [-0.3, -0.25) is 19.7 Å². The quantitative estimate of drug-likeness (QED) is 0.554. The second-order valence-electron chi connectivity index (χ2n) is 6.66. The van der Waals surface area contributed by atoms with Gasteiger partial charge in [0.05, 0.1) is 23.0 Å². The Kier molecular flexibility index (Phi) is 5.04. The van der Waals surface area contributed by atoms with Crippen molar-refractivity contribution in [3.63, 3.8) is 0 Å². The number of carbonyl (C=O) groups excluding carboxylic acids is 4. The number of imide groups is 2. The molecule has 1 atom stereocenters.